The number of amides is 1. The van der Waals surface area contributed by atoms with Crippen molar-refractivity contribution in [2.24, 2.45) is 0 Å². The Morgan fingerprint density at radius 1 is 1.73 bits per heavy atom. The fourth-order valence-corrected chi connectivity index (χ4v) is 1.33. The third kappa shape index (κ3) is 3.06. The Hall–Kier alpha value is -1.35. The largest absolute Gasteiger partial charge is 0.346 e. The third-order valence-corrected chi connectivity index (χ3v) is 2.26. The van der Waals surface area contributed by atoms with Crippen molar-refractivity contribution in [3.63, 3.8) is 0 Å². The second kappa shape index (κ2) is 4.94. The highest BCUT2D eigenvalue weighted by molar-refractivity contribution is 6.33. The van der Waals surface area contributed by atoms with E-state index in [1.807, 2.05) is 13.8 Å². The Balaban J connectivity index is 2.87. The van der Waals surface area contributed by atoms with Gasteiger partial charge in [-0.3, -0.25) is 9.78 Å². The molecule has 1 heterocycles. The number of nitrogens with one attached hydrogen (secondary N) is 1. The van der Waals surface area contributed by atoms with Gasteiger partial charge in [0.25, 0.3) is 5.91 Å². The van der Waals surface area contributed by atoms with Gasteiger partial charge in [-0.2, -0.15) is 0 Å². The summed E-state index contributed by atoms with van der Waals surface area (Å²) in [4.78, 5) is 15.7. The average molecular weight is 225 g/mol. The minimum Gasteiger partial charge on any atom is -0.346 e. The van der Waals surface area contributed by atoms with Crippen LogP contribution in [0, 0.1) is 6.92 Å². The van der Waals surface area contributed by atoms with Crippen molar-refractivity contribution in [3.05, 3.63) is 41.2 Å². The molecule has 1 amide bonds. The SMILES string of the molecule is C=CC(C)NC(=O)c1cnc(C)cc1Cl. The van der Waals surface area contributed by atoms with E-state index >= 15 is 0 Å². The number of carbonyl (C=O) groups is 1. The summed E-state index contributed by atoms with van der Waals surface area (Å²) in [5.41, 5.74) is 1.17. The van der Waals surface area contributed by atoms with Gasteiger partial charge in [0.15, 0.2) is 0 Å². The van der Waals surface area contributed by atoms with Gasteiger partial charge in [0.2, 0.25) is 0 Å². The smallest absolute Gasteiger partial charge is 0.254 e. The fourth-order valence-electron chi connectivity index (χ4n) is 1.04. The third-order valence-electron chi connectivity index (χ3n) is 1.95. The highest BCUT2D eigenvalue weighted by Gasteiger charge is 2.11. The second-order valence-electron chi connectivity index (χ2n) is 3.30. The first-order chi connectivity index (χ1) is 7.04. The molecule has 0 radical (unpaired) electrons. The number of halogens is 1. The minimum atomic E-state index is -0.236. The number of aryl methyl sites for hydroxylation is 1. The van der Waals surface area contributed by atoms with Crippen molar-refractivity contribution in [2.75, 3.05) is 0 Å². The molecule has 4 heteroatoms. The van der Waals surface area contributed by atoms with Gasteiger partial charge in [-0.15, -0.1) is 6.58 Å². The molecule has 15 heavy (non-hydrogen) atoms. The predicted molar refractivity (Wildman–Crippen MR) is 61.1 cm³/mol. The maximum Gasteiger partial charge on any atom is 0.254 e. The van der Waals surface area contributed by atoms with Crippen LogP contribution in [0.25, 0.3) is 0 Å². The Labute approximate surface area is 94.2 Å². The molecular formula is C11H13ClN2O. The molecule has 1 aromatic rings. The van der Waals surface area contributed by atoms with Gasteiger partial charge >= 0.3 is 0 Å². The van der Waals surface area contributed by atoms with Gasteiger partial charge in [-0.25, -0.2) is 0 Å². The van der Waals surface area contributed by atoms with Crippen molar-refractivity contribution in [1.29, 1.82) is 0 Å². The normalized spacial score (nSPS) is 11.9. The van der Waals surface area contributed by atoms with Crippen molar-refractivity contribution < 1.29 is 4.79 Å². The molecule has 0 bridgehead atoms. The van der Waals surface area contributed by atoms with Crippen LogP contribution in [0.5, 0.6) is 0 Å². The molecule has 1 atom stereocenters. The van der Waals surface area contributed by atoms with Crippen molar-refractivity contribution in [2.45, 2.75) is 19.9 Å². The van der Waals surface area contributed by atoms with Crippen LogP contribution in [0.3, 0.4) is 0 Å². The van der Waals surface area contributed by atoms with Crippen LogP contribution in [0.2, 0.25) is 5.02 Å². The molecule has 3 nitrogen and oxygen atoms in total. The number of nitrogens with zero attached hydrogens (tertiary/aromatic N) is 1. The topological polar surface area (TPSA) is 42.0 Å². The van der Waals surface area contributed by atoms with Crippen LogP contribution in [0.15, 0.2) is 24.9 Å². The van der Waals surface area contributed by atoms with E-state index in [1.165, 1.54) is 6.20 Å². The Kier molecular flexibility index (Phi) is 3.86. The van der Waals surface area contributed by atoms with Crippen LogP contribution in [-0.2, 0) is 0 Å². The lowest BCUT2D eigenvalue weighted by molar-refractivity contribution is 0.0947. The van der Waals surface area contributed by atoms with Crippen LogP contribution < -0.4 is 5.32 Å². The van der Waals surface area contributed by atoms with Gasteiger partial charge < -0.3 is 5.32 Å². The molecule has 80 valence electrons. The van der Waals surface area contributed by atoms with Gasteiger partial charge in [0.05, 0.1) is 10.6 Å². The van der Waals surface area contributed by atoms with E-state index in [2.05, 4.69) is 16.9 Å². The fraction of sp³-hybridized carbons (Fsp3) is 0.273. The van der Waals surface area contributed by atoms with E-state index in [0.29, 0.717) is 10.6 Å². The number of pyridine rings is 1. The molecule has 0 saturated carbocycles. The first kappa shape index (κ1) is 11.7. The highest BCUT2D eigenvalue weighted by Crippen LogP contribution is 2.15. The van der Waals surface area contributed by atoms with E-state index in [9.17, 15) is 4.79 Å². The average Bonchev–Trinajstić information content (AvgIpc) is 2.17. The van der Waals surface area contributed by atoms with Crippen molar-refractivity contribution in [3.8, 4) is 0 Å². The Morgan fingerprint density at radius 2 is 2.40 bits per heavy atom. The van der Waals surface area contributed by atoms with Crippen LogP contribution >= 0.6 is 11.6 Å². The van der Waals surface area contributed by atoms with Gasteiger partial charge in [-0.1, -0.05) is 17.7 Å². The van der Waals surface area contributed by atoms with Crippen molar-refractivity contribution >= 4 is 17.5 Å². The second-order valence-corrected chi connectivity index (χ2v) is 3.71. The number of hydrogen-bond donors (Lipinski definition) is 1. The number of rotatable bonds is 3. The van der Waals surface area contributed by atoms with Crippen molar-refractivity contribution in [1.82, 2.24) is 10.3 Å². The molecule has 0 aromatic carbocycles. The summed E-state index contributed by atoms with van der Waals surface area (Å²) in [6.07, 6.45) is 3.12. The summed E-state index contributed by atoms with van der Waals surface area (Å²) in [6.45, 7) is 7.23. The molecule has 0 spiro atoms. The number of aromatic nitrogens is 1. The minimum absolute atomic E-state index is 0.0881. The standard InChI is InChI=1S/C11H13ClN2O/c1-4-7(2)14-11(15)9-6-13-8(3)5-10(9)12/h4-7H,1H2,2-3H3,(H,14,15). The van der Waals surface area contributed by atoms with E-state index in [0.717, 1.165) is 5.69 Å². The quantitative estimate of drug-likeness (QED) is 0.801. The van der Waals surface area contributed by atoms with Gasteiger partial charge in [-0.05, 0) is 19.9 Å². The molecule has 1 unspecified atom stereocenters. The zero-order valence-corrected chi connectivity index (χ0v) is 9.51. The Bertz CT molecular complexity index is 390. The summed E-state index contributed by atoms with van der Waals surface area (Å²) in [6, 6.07) is 1.57. The summed E-state index contributed by atoms with van der Waals surface area (Å²) < 4.78 is 0. The maximum absolute atomic E-state index is 11.7. The summed E-state index contributed by atoms with van der Waals surface area (Å²) >= 11 is 5.92. The first-order valence-electron chi connectivity index (χ1n) is 4.60. The molecular weight excluding hydrogens is 212 g/mol. The zero-order chi connectivity index (χ0) is 11.4. The highest BCUT2D eigenvalue weighted by atomic mass is 35.5. The van der Waals surface area contributed by atoms with E-state index in [-0.39, 0.29) is 11.9 Å². The number of carbonyl (C=O) groups excluding carboxylic acids is 1. The summed E-state index contributed by atoms with van der Waals surface area (Å²) in [7, 11) is 0. The lowest BCUT2D eigenvalue weighted by Crippen LogP contribution is -2.31. The first-order valence-corrected chi connectivity index (χ1v) is 4.98. The lowest BCUT2D eigenvalue weighted by atomic mass is 10.2. The molecule has 0 aliphatic rings. The lowest BCUT2D eigenvalue weighted by Gasteiger charge is -2.10. The molecule has 0 aliphatic carbocycles. The van der Waals surface area contributed by atoms with Gasteiger partial charge in [0.1, 0.15) is 0 Å². The van der Waals surface area contributed by atoms with Gasteiger partial charge in [0, 0.05) is 17.9 Å². The van der Waals surface area contributed by atoms with E-state index in [4.69, 9.17) is 11.6 Å². The van der Waals surface area contributed by atoms with Crippen LogP contribution in [-0.4, -0.2) is 16.9 Å². The molecule has 0 saturated heterocycles. The monoisotopic (exact) mass is 224 g/mol. The van der Waals surface area contributed by atoms with Crippen LogP contribution in [0.4, 0.5) is 0 Å². The summed E-state index contributed by atoms with van der Waals surface area (Å²) in [5.74, 6) is -0.236. The Morgan fingerprint density at radius 3 is 2.93 bits per heavy atom. The molecule has 1 rings (SSSR count). The number of hydrogen-bond acceptors (Lipinski definition) is 2. The maximum atomic E-state index is 11.7. The molecule has 0 fully saturated rings. The van der Waals surface area contributed by atoms with E-state index < -0.39 is 0 Å². The zero-order valence-electron chi connectivity index (χ0n) is 8.75. The summed E-state index contributed by atoms with van der Waals surface area (Å²) in [5, 5.41) is 3.14. The van der Waals surface area contributed by atoms with E-state index in [1.54, 1.807) is 12.1 Å². The van der Waals surface area contributed by atoms with Crippen LogP contribution in [0.1, 0.15) is 23.0 Å². The predicted octanol–water partition coefficient (Wildman–Crippen LogP) is 2.35. The molecule has 1 aromatic heterocycles. The molecule has 0 aliphatic heterocycles. The molecule has 1 N–H and O–H groups in total.